The third kappa shape index (κ3) is 2.72. The summed E-state index contributed by atoms with van der Waals surface area (Å²) in [7, 11) is 0. The van der Waals surface area contributed by atoms with Crippen LogP contribution in [0, 0.1) is 11.6 Å². The largest absolute Gasteiger partial charge is 0.275 e. The van der Waals surface area contributed by atoms with Crippen molar-refractivity contribution >= 4 is 22.8 Å². The Morgan fingerprint density at radius 1 is 0.655 bits per heavy atom. The second-order valence-corrected chi connectivity index (χ2v) is 7.61. The molecule has 0 fully saturated rings. The number of benzene rings is 2. The van der Waals surface area contributed by atoms with Gasteiger partial charge in [0.25, 0.3) is 28.9 Å². The zero-order valence-corrected chi connectivity index (χ0v) is 16.4. The van der Waals surface area contributed by atoms with E-state index in [-0.39, 0.29) is 17.7 Å². The number of para-hydroxylation sites is 2. The van der Waals surface area contributed by atoms with Crippen molar-refractivity contribution in [1.82, 2.24) is 0 Å². The highest BCUT2D eigenvalue weighted by Crippen LogP contribution is 2.27. The van der Waals surface area contributed by atoms with Gasteiger partial charge in [0.2, 0.25) is 24.5 Å². The Morgan fingerprint density at radius 3 is 1.55 bits per heavy atom. The molecule has 2 aromatic carbocycles. The number of nitrogens with zero attached hydrogens (tertiary/aromatic N) is 3. The fraction of sp³-hybridized carbons (Fsp3) is 0.208. The van der Waals surface area contributed by atoms with E-state index < -0.39 is 0 Å². The Kier molecular flexibility index (Phi) is 4.12. The molecule has 3 heterocycles. The van der Waals surface area contributed by atoms with E-state index in [1.165, 1.54) is 12.1 Å². The number of hydrogen-bond donors (Lipinski definition) is 0. The Labute approximate surface area is 168 Å². The molecule has 0 N–H and O–H groups in total. The highest BCUT2D eigenvalue weighted by atomic mass is 19.1. The van der Waals surface area contributed by atoms with E-state index in [1.807, 2.05) is 53.3 Å². The van der Waals surface area contributed by atoms with Crippen LogP contribution < -0.4 is 4.57 Å². The normalized spacial score (nSPS) is 16.3. The van der Waals surface area contributed by atoms with Gasteiger partial charge >= 0.3 is 0 Å². The van der Waals surface area contributed by atoms with Crippen LogP contribution in [0.2, 0.25) is 0 Å². The van der Waals surface area contributed by atoms with Gasteiger partial charge in [-0.25, -0.2) is 0 Å². The van der Waals surface area contributed by atoms with E-state index in [0.717, 1.165) is 22.8 Å². The minimum atomic E-state index is -0.235. The molecule has 0 unspecified atom stereocenters. The summed E-state index contributed by atoms with van der Waals surface area (Å²) in [5, 5.41) is 0. The van der Waals surface area contributed by atoms with Gasteiger partial charge in [0.1, 0.15) is 0 Å². The molecule has 0 saturated carbocycles. The van der Waals surface area contributed by atoms with Gasteiger partial charge in [0.05, 0.1) is 0 Å². The Hall–Kier alpha value is -3.21. The lowest BCUT2D eigenvalue weighted by atomic mass is 10.0. The van der Waals surface area contributed by atoms with E-state index in [2.05, 4.69) is 16.7 Å². The number of aromatic nitrogens is 1. The molecule has 1 aromatic heterocycles. The second-order valence-electron chi connectivity index (χ2n) is 7.61. The van der Waals surface area contributed by atoms with Crippen molar-refractivity contribution in [3.8, 4) is 0 Å². The molecule has 29 heavy (non-hydrogen) atoms. The minimum absolute atomic E-state index is 0.0628. The van der Waals surface area contributed by atoms with Gasteiger partial charge in [-0.3, -0.25) is 0 Å². The van der Waals surface area contributed by atoms with Gasteiger partial charge in [-0.05, 0) is 18.2 Å². The molecule has 0 amide bonds. The van der Waals surface area contributed by atoms with E-state index in [9.17, 15) is 8.78 Å². The first-order chi connectivity index (χ1) is 14.1. The molecular formula is C24H22F2N3+3. The minimum Gasteiger partial charge on any atom is -0.200 e. The van der Waals surface area contributed by atoms with Crippen molar-refractivity contribution in [2.75, 3.05) is 13.1 Å². The Morgan fingerprint density at radius 2 is 1.10 bits per heavy atom. The summed E-state index contributed by atoms with van der Waals surface area (Å²) in [5.41, 5.74) is 5.31. The van der Waals surface area contributed by atoms with Crippen molar-refractivity contribution in [3.63, 3.8) is 0 Å². The number of halogens is 2. The average molecular weight is 390 g/mol. The monoisotopic (exact) mass is 390 g/mol. The predicted octanol–water partition coefficient (Wildman–Crippen LogP) is 4.13. The molecule has 0 aliphatic carbocycles. The molecule has 5 rings (SSSR count). The first-order valence-electron chi connectivity index (χ1n) is 9.83. The molecule has 0 saturated heterocycles. The van der Waals surface area contributed by atoms with Crippen LogP contribution in [0.3, 0.4) is 0 Å². The van der Waals surface area contributed by atoms with Gasteiger partial charge in [-0.15, -0.1) is 0 Å². The quantitative estimate of drug-likeness (QED) is 0.583. The standard InChI is InChI=1S/C24H22F2N3/c1-16-21-12-7-13-22-17(2)28(24-11-6-4-9-20(24)26)15-18(29(21)22)14-27(16)23-10-5-3-8-19(23)25/h3-13,18H,14-15H2,1-2H3/q+3. The van der Waals surface area contributed by atoms with Crippen LogP contribution in [0.4, 0.5) is 20.2 Å². The average Bonchev–Trinajstić information content (AvgIpc) is 2.73. The van der Waals surface area contributed by atoms with E-state index >= 15 is 0 Å². The van der Waals surface area contributed by atoms with E-state index in [4.69, 9.17) is 0 Å². The summed E-state index contributed by atoms with van der Waals surface area (Å²) >= 11 is 0. The van der Waals surface area contributed by atoms with Gasteiger partial charge < -0.3 is 0 Å². The van der Waals surface area contributed by atoms with Gasteiger partial charge in [-0.2, -0.15) is 22.5 Å². The van der Waals surface area contributed by atoms with E-state index in [1.54, 1.807) is 12.1 Å². The number of pyridine rings is 1. The summed E-state index contributed by atoms with van der Waals surface area (Å²) in [4.78, 5) is 0. The fourth-order valence-corrected chi connectivity index (χ4v) is 4.60. The van der Waals surface area contributed by atoms with Crippen molar-refractivity contribution < 1.29 is 22.5 Å². The fourth-order valence-electron chi connectivity index (χ4n) is 4.60. The molecule has 3 nitrogen and oxygen atoms in total. The maximum Gasteiger partial charge on any atom is 0.275 e. The lowest BCUT2D eigenvalue weighted by molar-refractivity contribution is -0.781. The molecule has 3 aromatic rings. The summed E-state index contributed by atoms with van der Waals surface area (Å²) in [5.74, 6) is -0.470. The van der Waals surface area contributed by atoms with Crippen LogP contribution in [0.25, 0.3) is 0 Å². The van der Waals surface area contributed by atoms with Crippen LogP contribution in [-0.4, -0.2) is 33.7 Å². The molecule has 5 heteroatoms. The Bertz CT molecular complexity index is 1120. The maximum absolute atomic E-state index is 14.6. The van der Waals surface area contributed by atoms with Crippen LogP contribution >= 0.6 is 0 Å². The van der Waals surface area contributed by atoms with Crippen LogP contribution in [0.5, 0.6) is 0 Å². The van der Waals surface area contributed by atoms with Crippen LogP contribution in [0.15, 0.2) is 66.7 Å². The van der Waals surface area contributed by atoms with E-state index in [0.29, 0.717) is 24.5 Å². The first kappa shape index (κ1) is 17.9. The molecule has 2 aliphatic heterocycles. The van der Waals surface area contributed by atoms with Crippen molar-refractivity contribution in [2.45, 2.75) is 19.9 Å². The predicted molar refractivity (Wildman–Crippen MR) is 108 cm³/mol. The first-order valence-corrected chi connectivity index (χ1v) is 9.83. The van der Waals surface area contributed by atoms with Crippen molar-refractivity contribution in [1.29, 1.82) is 0 Å². The van der Waals surface area contributed by atoms with Crippen molar-refractivity contribution in [2.24, 2.45) is 0 Å². The summed E-state index contributed by atoms with van der Waals surface area (Å²) in [6.07, 6.45) is 0. The Balaban J connectivity index is 1.71. The number of hydrogen-bond acceptors (Lipinski definition) is 0. The molecule has 0 spiro atoms. The highest BCUT2D eigenvalue weighted by Gasteiger charge is 2.48. The summed E-state index contributed by atoms with van der Waals surface area (Å²) in [6, 6.07) is 20.0. The van der Waals surface area contributed by atoms with Gasteiger partial charge in [0, 0.05) is 38.1 Å². The molecular weight excluding hydrogens is 368 g/mol. The van der Waals surface area contributed by atoms with Gasteiger partial charge in [-0.1, -0.05) is 24.3 Å². The zero-order valence-electron chi connectivity index (χ0n) is 16.4. The second kappa shape index (κ2) is 6.69. The van der Waals surface area contributed by atoms with Crippen LogP contribution in [-0.2, 0) is 0 Å². The SMILES string of the molecule is CC1=[N+](c2ccccc2F)CC2C[N+](c3ccccc3F)=C(C)c3cccc1[n+]32. The van der Waals surface area contributed by atoms with Gasteiger partial charge in [0.15, 0.2) is 11.6 Å². The third-order valence-corrected chi connectivity index (χ3v) is 6.02. The zero-order chi connectivity index (χ0) is 20.1. The third-order valence-electron chi connectivity index (χ3n) is 6.02. The maximum atomic E-state index is 14.6. The van der Waals surface area contributed by atoms with Crippen LogP contribution in [0.1, 0.15) is 31.3 Å². The molecule has 144 valence electrons. The summed E-state index contributed by atoms with van der Waals surface area (Å²) < 4.78 is 35.6. The molecule has 0 radical (unpaired) electrons. The van der Waals surface area contributed by atoms with Crippen molar-refractivity contribution in [3.05, 3.63) is 89.8 Å². The topological polar surface area (TPSA) is 9.90 Å². The highest BCUT2D eigenvalue weighted by molar-refractivity contribution is 5.95. The number of rotatable bonds is 2. The molecule has 2 aliphatic rings. The molecule has 0 atom stereocenters. The lowest BCUT2D eigenvalue weighted by Gasteiger charge is -2.23. The summed E-state index contributed by atoms with van der Waals surface area (Å²) in [6.45, 7) is 5.31. The molecule has 0 bridgehead atoms. The smallest absolute Gasteiger partial charge is 0.200 e. The lowest BCUT2D eigenvalue weighted by Crippen LogP contribution is -2.61.